The number of anilines is 2. The quantitative estimate of drug-likeness (QED) is 0.790. The Morgan fingerprint density at radius 2 is 1.84 bits per heavy atom. The van der Waals surface area contributed by atoms with Gasteiger partial charge in [0.05, 0.1) is 5.69 Å². The maximum atomic E-state index is 5.77. The van der Waals surface area contributed by atoms with E-state index >= 15 is 0 Å². The molecule has 0 spiro atoms. The van der Waals surface area contributed by atoms with Gasteiger partial charge in [0.25, 0.3) is 0 Å². The van der Waals surface area contributed by atoms with Gasteiger partial charge in [-0.2, -0.15) is 0 Å². The number of nitrogens with zero attached hydrogens (tertiary/aromatic N) is 3. The lowest BCUT2D eigenvalue weighted by atomic mass is 9.97. The topological polar surface area (TPSA) is 55.0 Å². The fourth-order valence-electron chi connectivity index (χ4n) is 3.26. The molecule has 0 saturated carbocycles. The van der Waals surface area contributed by atoms with Crippen LogP contribution in [0.4, 0.5) is 11.5 Å². The van der Waals surface area contributed by atoms with Crippen molar-refractivity contribution < 1.29 is 0 Å². The second kappa shape index (κ2) is 6.87. The smallest absolute Gasteiger partial charge is 0.140 e. The number of rotatable bonds is 4. The lowest BCUT2D eigenvalue weighted by Gasteiger charge is -2.25. The van der Waals surface area contributed by atoms with Crippen LogP contribution >= 0.6 is 0 Å². The molecule has 4 heteroatoms. The van der Waals surface area contributed by atoms with Gasteiger partial charge in [0.1, 0.15) is 5.82 Å². The van der Waals surface area contributed by atoms with Crippen LogP contribution in [-0.4, -0.2) is 23.1 Å². The molecule has 0 radical (unpaired) electrons. The van der Waals surface area contributed by atoms with Crippen LogP contribution in [0.3, 0.4) is 0 Å². The van der Waals surface area contributed by atoms with Gasteiger partial charge in [-0.1, -0.05) is 30.3 Å². The number of hydrogen-bond acceptors (Lipinski definition) is 4. The van der Waals surface area contributed by atoms with Crippen LogP contribution in [0.1, 0.15) is 23.1 Å². The fourth-order valence-corrected chi connectivity index (χ4v) is 3.26. The van der Waals surface area contributed by atoms with Crippen molar-refractivity contribution in [2.75, 3.05) is 18.0 Å². The number of benzene rings is 1. The van der Waals surface area contributed by atoms with E-state index in [2.05, 4.69) is 57.3 Å². The largest absolute Gasteiger partial charge is 0.330 e. The SMILES string of the molecule is NCCCN1c2ccncc2C(c2ccccc2)=Cc2cccnc21. The summed E-state index contributed by atoms with van der Waals surface area (Å²) in [6.07, 6.45) is 8.73. The Labute approximate surface area is 147 Å². The molecule has 3 heterocycles. The third kappa shape index (κ3) is 2.92. The predicted molar refractivity (Wildman–Crippen MR) is 103 cm³/mol. The van der Waals surface area contributed by atoms with Gasteiger partial charge in [-0.05, 0) is 48.4 Å². The van der Waals surface area contributed by atoms with E-state index in [1.165, 1.54) is 5.56 Å². The third-order valence-electron chi connectivity index (χ3n) is 4.42. The molecule has 0 unspecified atom stereocenters. The van der Waals surface area contributed by atoms with E-state index in [0.29, 0.717) is 6.54 Å². The van der Waals surface area contributed by atoms with Crippen molar-refractivity contribution in [1.29, 1.82) is 0 Å². The second-order valence-corrected chi connectivity index (χ2v) is 6.03. The Balaban J connectivity index is 1.96. The first-order valence-electron chi connectivity index (χ1n) is 8.52. The maximum absolute atomic E-state index is 5.77. The van der Waals surface area contributed by atoms with E-state index in [9.17, 15) is 0 Å². The van der Waals surface area contributed by atoms with Crippen molar-refractivity contribution in [1.82, 2.24) is 9.97 Å². The molecule has 124 valence electrons. The zero-order valence-corrected chi connectivity index (χ0v) is 14.0. The average Bonchev–Trinajstić information content (AvgIpc) is 2.82. The van der Waals surface area contributed by atoms with Crippen LogP contribution in [0.5, 0.6) is 0 Å². The van der Waals surface area contributed by atoms with Crippen LogP contribution in [-0.2, 0) is 0 Å². The zero-order chi connectivity index (χ0) is 17.1. The molecular weight excluding hydrogens is 308 g/mol. The lowest BCUT2D eigenvalue weighted by Crippen LogP contribution is -2.23. The van der Waals surface area contributed by atoms with Crippen molar-refractivity contribution >= 4 is 23.2 Å². The summed E-state index contributed by atoms with van der Waals surface area (Å²) in [6, 6.07) is 16.6. The molecule has 0 aliphatic carbocycles. The first-order valence-corrected chi connectivity index (χ1v) is 8.52. The van der Waals surface area contributed by atoms with Crippen LogP contribution in [0, 0.1) is 0 Å². The third-order valence-corrected chi connectivity index (χ3v) is 4.42. The molecular formula is C21H20N4. The van der Waals surface area contributed by atoms with Crippen molar-refractivity contribution in [3.05, 3.63) is 83.8 Å². The summed E-state index contributed by atoms with van der Waals surface area (Å²) in [4.78, 5) is 11.3. The molecule has 0 saturated heterocycles. The first-order chi connectivity index (χ1) is 12.4. The Bertz CT molecular complexity index is 903. The van der Waals surface area contributed by atoms with Crippen LogP contribution < -0.4 is 10.6 Å². The molecule has 0 fully saturated rings. The van der Waals surface area contributed by atoms with E-state index in [4.69, 9.17) is 5.73 Å². The Morgan fingerprint density at radius 3 is 2.68 bits per heavy atom. The van der Waals surface area contributed by atoms with Gasteiger partial charge >= 0.3 is 0 Å². The van der Waals surface area contributed by atoms with E-state index in [-0.39, 0.29) is 0 Å². The monoisotopic (exact) mass is 328 g/mol. The summed E-state index contributed by atoms with van der Waals surface area (Å²) in [5, 5.41) is 0. The zero-order valence-electron chi connectivity index (χ0n) is 14.0. The molecule has 2 aromatic heterocycles. The molecule has 1 aliphatic rings. The highest BCUT2D eigenvalue weighted by atomic mass is 15.2. The fraction of sp³-hybridized carbons (Fsp3) is 0.143. The molecule has 25 heavy (non-hydrogen) atoms. The lowest BCUT2D eigenvalue weighted by molar-refractivity contribution is 0.809. The highest BCUT2D eigenvalue weighted by Crippen LogP contribution is 2.40. The van der Waals surface area contributed by atoms with Crippen LogP contribution in [0.25, 0.3) is 11.6 Å². The minimum absolute atomic E-state index is 0.651. The Morgan fingerprint density at radius 1 is 0.960 bits per heavy atom. The molecule has 4 nitrogen and oxygen atoms in total. The van der Waals surface area contributed by atoms with Crippen molar-refractivity contribution in [2.24, 2.45) is 5.73 Å². The van der Waals surface area contributed by atoms with Crippen molar-refractivity contribution in [3.8, 4) is 0 Å². The summed E-state index contributed by atoms with van der Waals surface area (Å²) < 4.78 is 0. The van der Waals surface area contributed by atoms with Crippen LogP contribution in [0.2, 0.25) is 0 Å². The second-order valence-electron chi connectivity index (χ2n) is 6.03. The molecule has 0 atom stereocenters. The molecule has 1 aromatic carbocycles. The summed E-state index contributed by atoms with van der Waals surface area (Å²) in [5.41, 5.74) is 11.4. The molecule has 2 N–H and O–H groups in total. The Kier molecular flexibility index (Phi) is 4.27. The summed E-state index contributed by atoms with van der Waals surface area (Å²) >= 11 is 0. The first kappa shape index (κ1) is 15.5. The number of aromatic nitrogens is 2. The van der Waals surface area contributed by atoms with Crippen molar-refractivity contribution in [3.63, 3.8) is 0 Å². The molecule has 1 aliphatic heterocycles. The van der Waals surface area contributed by atoms with Gasteiger partial charge in [-0.15, -0.1) is 0 Å². The normalized spacial score (nSPS) is 12.8. The number of nitrogens with two attached hydrogens (primary N) is 1. The number of hydrogen-bond donors (Lipinski definition) is 1. The highest BCUT2D eigenvalue weighted by Gasteiger charge is 2.23. The van der Waals surface area contributed by atoms with E-state index in [1.807, 2.05) is 30.7 Å². The molecule has 0 amide bonds. The van der Waals surface area contributed by atoms with Crippen molar-refractivity contribution in [2.45, 2.75) is 6.42 Å². The summed E-state index contributed by atoms with van der Waals surface area (Å²) in [7, 11) is 0. The number of pyridine rings is 2. The number of fused-ring (bicyclic) bond motifs is 2. The predicted octanol–water partition coefficient (Wildman–Crippen LogP) is 3.87. The highest BCUT2D eigenvalue weighted by molar-refractivity contribution is 6.00. The van der Waals surface area contributed by atoms with Gasteiger partial charge in [-0.3, -0.25) is 4.98 Å². The standard InChI is InChI=1S/C21H20N4/c22-10-5-13-25-20-9-12-23-15-19(20)18(16-6-2-1-3-7-16)14-17-8-4-11-24-21(17)25/h1-4,6-9,11-12,14-15H,5,10,13,22H2. The van der Waals surface area contributed by atoms with Crippen LogP contribution in [0.15, 0.2) is 67.1 Å². The van der Waals surface area contributed by atoms with Gasteiger partial charge in [0.2, 0.25) is 0 Å². The van der Waals surface area contributed by atoms with E-state index < -0.39 is 0 Å². The summed E-state index contributed by atoms with van der Waals surface area (Å²) in [5.74, 6) is 0.967. The molecule has 3 aromatic rings. The summed E-state index contributed by atoms with van der Waals surface area (Å²) in [6.45, 7) is 1.48. The van der Waals surface area contributed by atoms with E-state index in [0.717, 1.165) is 41.2 Å². The van der Waals surface area contributed by atoms with Gasteiger partial charge in [0, 0.05) is 36.3 Å². The van der Waals surface area contributed by atoms with E-state index in [1.54, 1.807) is 0 Å². The average molecular weight is 328 g/mol. The van der Waals surface area contributed by atoms with Gasteiger partial charge in [-0.25, -0.2) is 4.98 Å². The van der Waals surface area contributed by atoms with Gasteiger partial charge < -0.3 is 10.6 Å². The Hall–Kier alpha value is -2.98. The van der Waals surface area contributed by atoms with Gasteiger partial charge in [0.15, 0.2) is 0 Å². The maximum Gasteiger partial charge on any atom is 0.140 e. The molecule has 4 rings (SSSR count). The minimum atomic E-state index is 0.651. The molecule has 0 bridgehead atoms. The minimum Gasteiger partial charge on any atom is -0.330 e.